The number of amides is 1. The second-order valence-electron chi connectivity index (χ2n) is 4.49. The molecule has 0 bridgehead atoms. The number of nitrogens with one attached hydrogen (secondary N) is 2. The van der Waals surface area contributed by atoms with E-state index in [-0.39, 0.29) is 18.1 Å². The molecule has 0 aliphatic heterocycles. The molecule has 3 nitrogen and oxygen atoms in total. The van der Waals surface area contributed by atoms with E-state index in [2.05, 4.69) is 10.6 Å². The Balaban J connectivity index is 1.99. The van der Waals surface area contributed by atoms with Crippen LogP contribution in [0.3, 0.4) is 0 Å². The average Bonchev–Trinajstić information content (AvgIpc) is 2.44. The van der Waals surface area contributed by atoms with Crippen molar-refractivity contribution >= 4 is 40.5 Å². The Kier molecular flexibility index (Phi) is 5.04. The van der Waals surface area contributed by atoms with Crippen LogP contribution < -0.4 is 10.6 Å². The molecule has 6 heteroatoms. The molecule has 110 valence electrons. The topological polar surface area (TPSA) is 41.1 Å². The lowest BCUT2D eigenvalue weighted by Crippen LogP contribution is -2.22. The van der Waals surface area contributed by atoms with Gasteiger partial charge in [-0.05, 0) is 42.8 Å². The Morgan fingerprint density at radius 3 is 2.43 bits per heavy atom. The van der Waals surface area contributed by atoms with Gasteiger partial charge >= 0.3 is 0 Å². The third-order valence-corrected chi connectivity index (χ3v) is 3.31. The first-order chi connectivity index (χ1) is 9.95. The Labute approximate surface area is 132 Å². The average molecular weight is 327 g/mol. The predicted molar refractivity (Wildman–Crippen MR) is 84.7 cm³/mol. The summed E-state index contributed by atoms with van der Waals surface area (Å²) < 4.78 is 13.5. The summed E-state index contributed by atoms with van der Waals surface area (Å²) in [6.45, 7) is 1.78. The number of rotatable bonds is 4. The number of hydrogen-bond donors (Lipinski definition) is 2. The first kappa shape index (κ1) is 15.6. The van der Waals surface area contributed by atoms with Crippen molar-refractivity contribution in [2.45, 2.75) is 6.92 Å². The number of benzene rings is 2. The summed E-state index contributed by atoms with van der Waals surface area (Å²) in [6.07, 6.45) is 0. The maximum Gasteiger partial charge on any atom is 0.243 e. The predicted octanol–water partition coefficient (Wildman–Crippen LogP) is 4.49. The molecule has 0 aliphatic carbocycles. The van der Waals surface area contributed by atoms with Crippen molar-refractivity contribution in [3.8, 4) is 0 Å². The number of hydrogen-bond acceptors (Lipinski definition) is 2. The van der Waals surface area contributed by atoms with Crippen molar-refractivity contribution in [2.24, 2.45) is 0 Å². The standard InChI is InChI=1S/C15H13Cl2FN2O/c1-9-2-3-10(16)6-13(9)20-15(21)8-19-14-7-11(17)4-5-12(14)18/h2-7,19H,8H2,1H3,(H,20,21). The zero-order chi connectivity index (χ0) is 15.4. The van der Waals surface area contributed by atoms with Crippen molar-refractivity contribution in [3.63, 3.8) is 0 Å². The van der Waals surface area contributed by atoms with Crippen LogP contribution in [0.25, 0.3) is 0 Å². The van der Waals surface area contributed by atoms with Crippen molar-refractivity contribution in [2.75, 3.05) is 17.2 Å². The minimum Gasteiger partial charge on any atom is -0.374 e. The number of aryl methyl sites for hydroxylation is 1. The van der Waals surface area contributed by atoms with Gasteiger partial charge in [-0.1, -0.05) is 29.3 Å². The first-order valence-electron chi connectivity index (χ1n) is 6.20. The molecule has 0 fully saturated rings. The van der Waals surface area contributed by atoms with Crippen molar-refractivity contribution in [1.29, 1.82) is 0 Å². The van der Waals surface area contributed by atoms with Gasteiger partial charge in [0.2, 0.25) is 5.91 Å². The molecule has 0 spiro atoms. The fourth-order valence-corrected chi connectivity index (χ4v) is 2.08. The highest BCUT2D eigenvalue weighted by molar-refractivity contribution is 6.31. The van der Waals surface area contributed by atoms with Gasteiger partial charge in [-0.2, -0.15) is 0 Å². The van der Waals surface area contributed by atoms with E-state index < -0.39 is 5.82 Å². The van der Waals surface area contributed by atoms with Gasteiger partial charge in [0, 0.05) is 15.7 Å². The molecular formula is C15H13Cl2FN2O. The monoisotopic (exact) mass is 326 g/mol. The van der Waals surface area contributed by atoms with Gasteiger partial charge in [0.05, 0.1) is 12.2 Å². The Hall–Kier alpha value is -1.78. The van der Waals surface area contributed by atoms with Crippen LogP contribution in [0.15, 0.2) is 36.4 Å². The molecule has 2 rings (SSSR count). The minimum atomic E-state index is -0.467. The second kappa shape index (κ2) is 6.78. The van der Waals surface area contributed by atoms with Crippen LogP contribution >= 0.6 is 23.2 Å². The second-order valence-corrected chi connectivity index (χ2v) is 5.36. The lowest BCUT2D eigenvalue weighted by molar-refractivity contribution is -0.114. The number of halogens is 3. The summed E-state index contributed by atoms with van der Waals surface area (Å²) in [5, 5.41) is 6.34. The van der Waals surface area contributed by atoms with Crippen LogP contribution in [0.4, 0.5) is 15.8 Å². The fourth-order valence-electron chi connectivity index (χ4n) is 1.73. The molecule has 0 saturated heterocycles. The normalized spacial score (nSPS) is 10.3. The Morgan fingerprint density at radius 1 is 1.10 bits per heavy atom. The summed E-state index contributed by atoms with van der Waals surface area (Å²) in [7, 11) is 0. The first-order valence-corrected chi connectivity index (χ1v) is 6.96. The molecule has 2 N–H and O–H groups in total. The van der Waals surface area contributed by atoms with Gasteiger partial charge in [-0.3, -0.25) is 4.79 Å². The number of carbonyl (C=O) groups is 1. The SMILES string of the molecule is Cc1ccc(Cl)cc1NC(=O)CNc1cc(Cl)ccc1F. The molecule has 0 radical (unpaired) electrons. The van der Waals surface area contributed by atoms with Gasteiger partial charge in [-0.25, -0.2) is 4.39 Å². The Bertz CT molecular complexity index is 677. The largest absolute Gasteiger partial charge is 0.374 e. The highest BCUT2D eigenvalue weighted by Gasteiger charge is 2.08. The molecule has 0 saturated carbocycles. The van der Waals surface area contributed by atoms with Gasteiger partial charge in [-0.15, -0.1) is 0 Å². The molecule has 1 amide bonds. The van der Waals surface area contributed by atoms with Crippen LogP contribution in [0.5, 0.6) is 0 Å². The highest BCUT2D eigenvalue weighted by atomic mass is 35.5. The summed E-state index contributed by atoms with van der Waals surface area (Å²) in [5.74, 6) is -0.772. The van der Waals surface area contributed by atoms with Crippen LogP contribution in [0, 0.1) is 12.7 Å². The molecule has 2 aromatic carbocycles. The zero-order valence-electron chi connectivity index (χ0n) is 11.2. The molecule has 2 aromatic rings. The van der Waals surface area contributed by atoms with E-state index in [1.165, 1.54) is 18.2 Å². The summed E-state index contributed by atoms with van der Waals surface area (Å²) >= 11 is 11.7. The van der Waals surface area contributed by atoms with Crippen LogP contribution in [0.2, 0.25) is 10.0 Å². The molecule has 0 unspecified atom stereocenters. The van der Waals surface area contributed by atoms with Crippen molar-refractivity contribution < 1.29 is 9.18 Å². The summed E-state index contributed by atoms with van der Waals surface area (Å²) in [6, 6.07) is 9.32. The smallest absolute Gasteiger partial charge is 0.243 e. The van der Waals surface area contributed by atoms with E-state index >= 15 is 0 Å². The molecular weight excluding hydrogens is 314 g/mol. The third kappa shape index (κ3) is 4.34. The van der Waals surface area contributed by atoms with E-state index in [4.69, 9.17) is 23.2 Å². The van der Waals surface area contributed by atoms with Crippen LogP contribution in [-0.2, 0) is 4.79 Å². The number of anilines is 2. The Morgan fingerprint density at radius 2 is 1.71 bits per heavy atom. The molecule has 0 aromatic heterocycles. The van der Waals surface area contributed by atoms with E-state index in [0.717, 1.165) is 5.56 Å². The van der Waals surface area contributed by atoms with Crippen molar-refractivity contribution in [3.05, 3.63) is 57.8 Å². The van der Waals surface area contributed by atoms with E-state index in [1.54, 1.807) is 12.1 Å². The van der Waals surface area contributed by atoms with Gasteiger partial charge < -0.3 is 10.6 Å². The lowest BCUT2D eigenvalue weighted by atomic mass is 10.2. The van der Waals surface area contributed by atoms with E-state index in [1.807, 2.05) is 13.0 Å². The van der Waals surface area contributed by atoms with Gasteiger partial charge in [0.25, 0.3) is 0 Å². The van der Waals surface area contributed by atoms with Crippen LogP contribution in [-0.4, -0.2) is 12.5 Å². The lowest BCUT2D eigenvalue weighted by Gasteiger charge is -2.11. The van der Waals surface area contributed by atoms with Gasteiger partial charge in [0.15, 0.2) is 0 Å². The maximum absolute atomic E-state index is 13.5. The zero-order valence-corrected chi connectivity index (χ0v) is 12.7. The molecule has 0 aliphatic rings. The van der Waals surface area contributed by atoms with Crippen LogP contribution in [0.1, 0.15) is 5.56 Å². The maximum atomic E-state index is 13.5. The highest BCUT2D eigenvalue weighted by Crippen LogP contribution is 2.21. The summed E-state index contributed by atoms with van der Waals surface area (Å²) in [5.41, 5.74) is 1.70. The molecule has 0 heterocycles. The fraction of sp³-hybridized carbons (Fsp3) is 0.133. The quantitative estimate of drug-likeness (QED) is 0.869. The molecule has 21 heavy (non-hydrogen) atoms. The summed E-state index contributed by atoms with van der Waals surface area (Å²) in [4.78, 5) is 11.9. The van der Waals surface area contributed by atoms with E-state index in [9.17, 15) is 9.18 Å². The number of carbonyl (C=O) groups excluding carboxylic acids is 1. The third-order valence-electron chi connectivity index (χ3n) is 2.84. The minimum absolute atomic E-state index is 0.0801. The van der Waals surface area contributed by atoms with Gasteiger partial charge in [0.1, 0.15) is 5.82 Å². The molecule has 0 atom stereocenters. The van der Waals surface area contributed by atoms with Crippen molar-refractivity contribution in [1.82, 2.24) is 0 Å². The van der Waals surface area contributed by atoms with E-state index in [0.29, 0.717) is 15.7 Å².